The summed E-state index contributed by atoms with van der Waals surface area (Å²) in [7, 11) is -3.06. The lowest BCUT2D eigenvalue weighted by atomic mass is 10.2. The highest BCUT2D eigenvalue weighted by molar-refractivity contribution is 9.11. The van der Waals surface area contributed by atoms with Crippen LogP contribution in [-0.2, 0) is 9.84 Å². The molecule has 1 heterocycles. The first kappa shape index (κ1) is 14.5. The van der Waals surface area contributed by atoms with Crippen LogP contribution >= 0.6 is 15.9 Å². The lowest BCUT2D eigenvalue weighted by Gasteiger charge is -2.37. The number of carbonyl (C=O) groups is 1. The molecule has 0 unspecified atom stereocenters. The van der Waals surface area contributed by atoms with E-state index in [1.807, 2.05) is 0 Å². The number of nitrogens with zero attached hydrogens (tertiary/aromatic N) is 1. The highest BCUT2D eigenvalue weighted by Gasteiger charge is 2.37. The van der Waals surface area contributed by atoms with Crippen molar-refractivity contribution in [1.82, 2.24) is 10.2 Å². The quantitative estimate of drug-likeness (QED) is 0.827. The van der Waals surface area contributed by atoms with Gasteiger partial charge in [-0.3, -0.25) is 0 Å². The van der Waals surface area contributed by atoms with Crippen molar-refractivity contribution in [2.24, 2.45) is 0 Å². The molecule has 7 heteroatoms. The smallest absolute Gasteiger partial charge is 0.317 e. The van der Waals surface area contributed by atoms with E-state index in [1.165, 1.54) is 0 Å². The minimum Gasteiger partial charge on any atom is -0.333 e. The molecular formula is C10H17BrN2O3S. The Morgan fingerprint density at radius 1 is 1.53 bits per heavy atom. The molecule has 0 aromatic carbocycles. The molecule has 0 saturated carbocycles. The van der Waals surface area contributed by atoms with Crippen LogP contribution in [0.3, 0.4) is 0 Å². The highest BCUT2D eigenvalue weighted by atomic mass is 79.9. The summed E-state index contributed by atoms with van der Waals surface area (Å²) in [5, 5.41) is 2.16. The van der Waals surface area contributed by atoms with Crippen molar-refractivity contribution in [2.75, 3.05) is 18.8 Å². The van der Waals surface area contributed by atoms with Gasteiger partial charge in [0.1, 0.15) is 0 Å². The minimum atomic E-state index is -3.06. The molecule has 1 rings (SSSR count). The number of amides is 2. The van der Waals surface area contributed by atoms with Crippen molar-refractivity contribution in [3.05, 3.63) is 11.1 Å². The van der Waals surface area contributed by atoms with Gasteiger partial charge in [0.2, 0.25) is 0 Å². The number of sulfone groups is 1. The van der Waals surface area contributed by atoms with E-state index in [-0.39, 0.29) is 24.4 Å². The number of nitrogens with one attached hydrogen (secondary N) is 1. The molecule has 1 N–H and O–H groups in total. The lowest BCUT2D eigenvalue weighted by molar-refractivity contribution is 0.179. The normalized spacial score (nSPS) is 27.6. The summed E-state index contributed by atoms with van der Waals surface area (Å²) in [5.41, 5.74) is 0. The third-order valence-electron chi connectivity index (χ3n) is 3.05. The first-order valence-electron chi connectivity index (χ1n) is 5.35. The molecule has 1 fully saturated rings. The molecule has 0 aliphatic carbocycles. The summed E-state index contributed by atoms with van der Waals surface area (Å²) in [6.45, 7) is 7.59. The van der Waals surface area contributed by atoms with E-state index >= 15 is 0 Å². The Balaban J connectivity index is 2.68. The van der Waals surface area contributed by atoms with Crippen molar-refractivity contribution in [3.8, 4) is 0 Å². The summed E-state index contributed by atoms with van der Waals surface area (Å²) >= 11 is 3.15. The zero-order valence-corrected chi connectivity index (χ0v) is 12.3. The van der Waals surface area contributed by atoms with Gasteiger partial charge in [0.25, 0.3) is 0 Å². The largest absolute Gasteiger partial charge is 0.333 e. The van der Waals surface area contributed by atoms with E-state index in [4.69, 9.17) is 0 Å². The van der Waals surface area contributed by atoms with Crippen LogP contribution in [0.5, 0.6) is 0 Å². The first-order valence-corrected chi connectivity index (χ1v) is 7.86. The third kappa shape index (κ3) is 3.45. The van der Waals surface area contributed by atoms with E-state index in [2.05, 4.69) is 27.8 Å². The number of rotatable bonds is 2. The third-order valence-corrected chi connectivity index (χ3v) is 5.61. The predicted octanol–water partition coefficient (Wildman–Crippen LogP) is 1.11. The lowest BCUT2D eigenvalue weighted by Crippen LogP contribution is -2.56. The van der Waals surface area contributed by atoms with Gasteiger partial charge in [0, 0.05) is 17.1 Å². The second-order valence-corrected chi connectivity index (χ2v) is 7.78. The fourth-order valence-corrected chi connectivity index (χ4v) is 3.44. The van der Waals surface area contributed by atoms with Gasteiger partial charge >= 0.3 is 6.03 Å². The first-order chi connectivity index (χ1) is 7.75. The number of hydrogen-bond donors (Lipinski definition) is 1. The van der Waals surface area contributed by atoms with Gasteiger partial charge in [-0.1, -0.05) is 22.5 Å². The number of urea groups is 1. The molecule has 1 aliphatic heterocycles. The summed E-state index contributed by atoms with van der Waals surface area (Å²) < 4.78 is 24.0. The number of carbonyl (C=O) groups excluding carboxylic acids is 1. The molecule has 1 aliphatic rings. The zero-order chi connectivity index (χ0) is 13.2. The highest BCUT2D eigenvalue weighted by Crippen LogP contribution is 2.19. The Hall–Kier alpha value is -0.560. The van der Waals surface area contributed by atoms with Gasteiger partial charge in [-0.05, 0) is 13.8 Å². The van der Waals surface area contributed by atoms with Gasteiger partial charge in [0.05, 0.1) is 17.5 Å². The monoisotopic (exact) mass is 324 g/mol. The molecule has 5 nitrogen and oxygen atoms in total. The Labute approximate surface area is 110 Å². The predicted molar refractivity (Wildman–Crippen MR) is 70.9 cm³/mol. The molecule has 1 saturated heterocycles. The van der Waals surface area contributed by atoms with E-state index < -0.39 is 15.1 Å². The van der Waals surface area contributed by atoms with E-state index in [1.54, 1.807) is 18.7 Å². The Kier molecular flexibility index (Phi) is 4.60. The molecule has 2 amide bonds. The van der Waals surface area contributed by atoms with Crippen LogP contribution in [-0.4, -0.2) is 49.5 Å². The summed E-state index contributed by atoms with van der Waals surface area (Å²) in [6.07, 6.45) is 0. The van der Waals surface area contributed by atoms with Crippen LogP contribution < -0.4 is 5.32 Å². The minimum absolute atomic E-state index is 0.0290. The van der Waals surface area contributed by atoms with Crippen molar-refractivity contribution in [3.63, 3.8) is 0 Å². The average Bonchev–Trinajstić information content (AvgIpc) is 2.23. The van der Waals surface area contributed by atoms with Gasteiger partial charge in [0.15, 0.2) is 9.84 Å². The van der Waals surface area contributed by atoms with Crippen LogP contribution in [0.2, 0.25) is 0 Å². The standard InChI is InChI=1S/C10H17BrN2O3S/c1-7(11)6-12-10(14)13-4-5-17(15,16)9(3)8(13)2/h8-9H,1,4-6H2,2-3H3,(H,12,14)/t8-,9-/m0/s1. The van der Waals surface area contributed by atoms with Gasteiger partial charge in [-0.15, -0.1) is 0 Å². The molecule has 2 atom stereocenters. The maximum absolute atomic E-state index is 11.8. The summed E-state index contributed by atoms with van der Waals surface area (Å²) in [4.78, 5) is 13.4. The van der Waals surface area contributed by atoms with Crippen molar-refractivity contribution < 1.29 is 13.2 Å². The topological polar surface area (TPSA) is 66.5 Å². The maximum Gasteiger partial charge on any atom is 0.317 e. The Morgan fingerprint density at radius 3 is 2.65 bits per heavy atom. The Morgan fingerprint density at radius 2 is 2.12 bits per heavy atom. The zero-order valence-electron chi connectivity index (χ0n) is 9.94. The molecule has 17 heavy (non-hydrogen) atoms. The van der Waals surface area contributed by atoms with E-state index in [9.17, 15) is 13.2 Å². The van der Waals surface area contributed by atoms with Crippen molar-refractivity contribution in [2.45, 2.75) is 25.1 Å². The van der Waals surface area contributed by atoms with Crippen LogP contribution in [0.1, 0.15) is 13.8 Å². The van der Waals surface area contributed by atoms with Gasteiger partial charge < -0.3 is 10.2 Å². The van der Waals surface area contributed by atoms with Crippen LogP contribution in [0, 0.1) is 0 Å². The second-order valence-electron chi connectivity index (χ2n) is 4.18. The molecule has 0 spiro atoms. The van der Waals surface area contributed by atoms with Crippen LogP contribution in [0.15, 0.2) is 11.1 Å². The molecule has 0 aromatic heterocycles. The molecular weight excluding hydrogens is 308 g/mol. The van der Waals surface area contributed by atoms with E-state index in [0.717, 1.165) is 0 Å². The van der Waals surface area contributed by atoms with Crippen LogP contribution in [0.25, 0.3) is 0 Å². The summed E-state index contributed by atoms with van der Waals surface area (Å²) in [5.74, 6) is 0.0290. The van der Waals surface area contributed by atoms with Crippen LogP contribution in [0.4, 0.5) is 4.79 Å². The fraction of sp³-hybridized carbons (Fsp3) is 0.700. The number of halogens is 1. The van der Waals surface area contributed by atoms with Gasteiger partial charge in [-0.2, -0.15) is 0 Å². The van der Waals surface area contributed by atoms with Crippen molar-refractivity contribution >= 4 is 31.8 Å². The summed E-state index contributed by atoms with van der Waals surface area (Å²) in [6, 6.07) is -0.558. The molecule has 0 aromatic rings. The average molecular weight is 325 g/mol. The van der Waals surface area contributed by atoms with Gasteiger partial charge in [-0.25, -0.2) is 13.2 Å². The molecule has 0 bridgehead atoms. The number of hydrogen-bond acceptors (Lipinski definition) is 3. The van der Waals surface area contributed by atoms with Crippen molar-refractivity contribution in [1.29, 1.82) is 0 Å². The van der Waals surface area contributed by atoms with E-state index in [0.29, 0.717) is 11.0 Å². The second kappa shape index (κ2) is 5.39. The molecule has 0 radical (unpaired) electrons. The molecule has 98 valence electrons. The SMILES string of the molecule is C=C(Br)CNC(=O)N1CCS(=O)(=O)[C@@H](C)[C@@H]1C. The maximum atomic E-state index is 11.8. The Bertz CT molecular complexity index is 421. The fourth-order valence-electron chi connectivity index (χ4n) is 1.73.